The molecule has 0 N–H and O–H groups in total. The molecule has 110 valence electrons. The molecule has 2 rings (SSSR count). The van der Waals surface area contributed by atoms with Gasteiger partial charge in [0, 0.05) is 10.6 Å². The maximum atomic E-state index is 11.1. The number of ether oxygens (including phenoxy) is 2. The van der Waals surface area contributed by atoms with Gasteiger partial charge in [-0.3, -0.25) is 10.1 Å². The molecule has 0 bridgehead atoms. The maximum absolute atomic E-state index is 11.1. The van der Waals surface area contributed by atoms with Crippen molar-refractivity contribution in [2.75, 3.05) is 7.11 Å². The molecule has 0 amide bonds. The smallest absolute Gasteiger partial charge is 0.315 e. The van der Waals surface area contributed by atoms with Gasteiger partial charge in [-0.2, -0.15) is 0 Å². The number of nitrogens with zero attached hydrogens (tertiary/aromatic N) is 1. The Kier molecular flexibility index (Phi) is 4.88. The molecule has 2 aromatic rings. The minimum absolute atomic E-state index is 0.0921. The number of halogens is 2. The van der Waals surface area contributed by atoms with Gasteiger partial charge in [-0.25, -0.2) is 0 Å². The highest BCUT2D eigenvalue weighted by molar-refractivity contribution is 6.32. The van der Waals surface area contributed by atoms with Crippen molar-refractivity contribution in [3.63, 3.8) is 0 Å². The van der Waals surface area contributed by atoms with Gasteiger partial charge in [0.25, 0.3) is 0 Å². The van der Waals surface area contributed by atoms with Gasteiger partial charge in [-0.05, 0) is 24.3 Å². The summed E-state index contributed by atoms with van der Waals surface area (Å²) in [7, 11) is 1.43. The van der Waals surface area contributed by atoms with Crippen LogP contribution in [0.1, 0.15) is 5.56 Å². The van der Waals surface area contributed by atoms with Crippen molar-refractivity contribution in [3.05, 3.63) is 57.1 Å². The zero-order valence-corrected chi connectivity index (χ0v) is 12.5. The second kappa shape index (κ2) is 6.65. The highest BCUT2D eigenvalue weighted by Gasteiger charge is 2.19. The Bertz CT molecular complexity index is 676. The average molecular weight is 328 g/mol. The second-order valence-electron chi connectivity index (χ2n) is 4.04. The summed E-state index contributed by atoms with van der Waals surface area (Å²) in [5.41, 5.74) is 0.376. The molecule has 2 aromatic carbocycles. The molecular weight excluding hydrogens is 317 g/mol. The molecular formula is C14H11Cl2NO4. The molecule has 0 saturated heterocycles. The molecule has 0 aliphatic heterocycles. The van der Waals surface area contributed by atoms with Gasteiger partial charge in [-0.1, -0.05) is 17.7 Å². The van der Waals surface area contributed by atoms with Crippen LogP contribution in [0.4, 0.5) is 5.69 Å². The fraction of sp³-hybridized carbons (Fsp3) is 0.143. The normalized spacial score (nSPS) is 10.2. The molecule has 7 heteroatoms. The van der Waals surface area contributed by atoms with E-state index >= 15 is 0 Å². The number of nitro benzene ring substituents is 1. The van der Waals surface area contributed by atoms with Crippen LogP contribution in [-0.2, 0) is 5.88 Å². The predicted molar refractivity (Wildman–Crippen MR) is 80.7 cm³/mol. The lowest BCUT2D eigenvalue weighted by Gasteiger charge is -2.11. The third-order valence-electron chi connectivity index (χ3n) is 2.79. The van der Waals surface area contributed by atoms with Crippen LogP contribution in [0, 0.1) is 10.1 Å². The summed E-state index contributed by atoms with van der Waals surface area (Å²) in [6.45, 7) is 0. The third-order valence-corrected chi connectivity index (χ3v) is 3.41. The van der Waals surface area contributed by atoms with Crippen LogP contribution in [0.5, 0.6) is 17.2 Å². The lowest BCUT2D eigenvalue weighted by molar-refractivity contribution is -0.385. The van der Waals surface area contributed by atoms with Gasteiger partial charge in [0.05, 0.1) is 24.0 Å². The fourth-order valence-electron chi connectivity index (χ4n) is 1.74. The Morgan fingerprint density at radius 3 is 2.62 bits per heavy atom. The van der Waals surface area contributed by atoms with Crippen molar-refractivity contribution in [2.45, 2.75) is 5.88 Å². The Morgan fingerprint density at radius 1 is 1.24 bits per heavy atom. The highest BCUT2D eigenvalue weighted by Crippen LogP contribution is 2.37. The van der Waals surface area contributed by atoms with Crippen LogP contribution < -0.4 is 9.47 Å². The summed E-state index contributed by atoms with van der Waals surface area (Å²) in [4.78, 5) is 10.6. The van der Waals surface area contributed by atoms with Crippen LogP contribution in [0.2, 0.25) is 5.02 Å². The molecule has 21 heavy (non-hydrogen) atoms. The molecule has 0 aliphatic rings. The standard InChI is InChI=1S/C14H11Cl2NO4/c1-20-9-5-6-14(12(7-9)17(18)19)21-13-4-2-3-11(16)10(13)8-15/h2-7H,8H2,1H3. The number of nitro groups is 1. The minimum Gasteiger partial charge on any atom is -0.496 e. The van der Waals surface area contributed by atoms with E-state index in [-0.39, 0.29) is 17.3 Å². The quantitative estimate of drug-likeness (QED) is 0.450. The first kappa shape index (κ1) is 15.4. The summed E-state index contributed by atoms with van der Waals surface area (Å²) >= 11 is 11.9. The predicted octanol–water partition coefficient (Wildman–Crippen LogP) is 4.79. The number of benzene rings is 2. The summed E-state index contributed by atoms with van der Waals surface area (Å²) in [6, 6.07) is 9.35. The van der Waals surface area contributed by atoms with Crippen molar-refractivity contribution in [1.82, 2.24) is 0 Å². The van der Waals surface area contributed by atoms with Gasteiger partial charge < -0.3 is 9.47 Å². The zero-order chi connectivity index (χ0) is 15.4. The summed E-state index contributed by atoms with van der Waals surface area (Å²) in [6.07, 6.45) is 0. The largest absolute Gasteiger partial charge is 0.496 e. The highest BCUT2D eigenvalue weighted by atomic mass is 35.5. The molecule has 0 radical (unpaired) electrons. The van der Waals surface area contributed by atoms with E-state index in [1.807, 2.05) is 0 Å². The van der Waals surface area contributed by atoms with E-state index in [2.05, 4.69) is 0 Å². The molecule has 0 spiro atoms. The molecule has 0 aromatic heterocycles. The number of hydrogen-bond donors (Lipinski definition) is 0. The van der Waals surface area contributed by atoms with Crippen molar-refractivity contribution < 1.29 is 14.4 Å². The van der Waals surface area contributed by atoms with Crippen LogP contribution >= 0.6 is 23.2 Å². The van der Waals surface area contributed by atoms with Crippen LogP contribution in [0.15, 0.2) is 36.4 Å². The molecule has 0 atom stereocenters. The monoisotopic (exact) mass is 327 g/mol. The number of alkyl halides is 1. The van der Waals surface area contributed by atoms with Crippen molar-refractivity contribution >= 4 is 28.9 Å². The zero-order valence-electron chi connectivity index (χ0n) is 11.0. The Hall–Kier alpha value is -1.98. The first-order chi connectivity index (χ1) is 10.1. The van der Waals surface area contributed by atoms with Gasteiger partial charge in [0.2, 0.25) is 5.75 Å². The summed E-state index contributed by atoms with van der Waals surface area (Å²) in [5.74, 6) is 0.983. The van der Waals surface area contributed by atoms with E-state index in [0.717, 1.165) is 0 Å². The maximum Gasteiger partial charge on any atom is 0.315 e. The van der Waals surface area contributed by atoms with Gasteiger partial charge >= 0.3 is 5.69 Å². The second-order valence-corrected chi connectivity index (χ2v) is 4.72. The van der Waals surface area contributed by atoms with Crippen molar-refractivity contribution in [1.29, 1.82) is 0 Å². The van der Waals surface area contributed by atoms with Crippen LogP contribution in [0.3, 0.4) is 0 Å². The van der Waals surface area contributed by atoms with Gasteiger partial charge in [-0.15, -0.1) is 11.6 Å². The van der Waals surface area contributed by atoms with E-state index in [1.165, 1.54) is 19.2 Å². The summed E-state index contributed by atoms with van der Waals surface area (Å²) < 4.78 is 10.6. The Labute approximate surface area is 131 Å². The van der Waals surface area contributed by atoms with Crippen molar-refractivity contribution in [3.8, 4) is 17.2 Å². The molecule has 0 heterocycles. The molecule has 0 fully saturated rings. The van der Waals surface area contributed by atoms with Gasteiger partial charge in [0.15, 0.2) is 0 Å². The average Bonchev–Trinajstić information content (AvgIpc) is 2.47. The molecule has 0 saturated carbocycles. The fourth-order valence-corrected chi connectivity index (χ4v) is 2.31. The van der Waals surface area contributed by atoms with E-state index in [4.69, 9.17) is 32.7 Å². The van der Waals surface area contributed by atoms with Crippen molar-refractivity contribution in [2.24, 2.45) is 0 Å². The number of rotatable bonds is 5. The van der Waals surface area contributed by atoms with Gasteiger partial charge in [0.1, 0.15) is 11.5 Å². The SMILES string of the molecule is COc1ccc(Oc2cccc(Cl)c2CCl)c([N+](=O)[O-])c1. The first-order valence-corrected chi connectivity index (χ1v) is 6.81. The molecule has 0 unspecified atom stereocenters. The van der Waals surface area contributed by atoms with Crippen LogP contribution in [0.25, 0.3) is 0 Å². The minimum atomic E-state index is -0.539. The Morgan fingerprint density at radius 2 is 2.00 bits per heavy atom. The van der Waals surface area contributed by atoms with E-state index in [9.17, 15) is 10.1 Å². The van der Waals surface area contributed by atoms with E-state index in [0.29, 0.717) is 22.1 Å². The topological polar surface area (TPSA) is 61.6 Å². The lowest BCUT2D eigenvalue weighted by Crippen LogP contribution is -1.96. The first-order valence-electron chi connectivity index (χ1n) is 5.90. The van der Waals surface area contributed by atoms with Crippen LogP contribution in [-0.4, -0.2) is 12.0 Å². The summed E-state index contributed by atoms with van der Waals surface area (Å²) in [5, 5.41) is 11.6. The molecule has 5 nitrogen and oxygen atoms in total. The number of methoxy groups -OCH3 is 1. The lowest BCUT2D eigenvalue weighted by atomic mass is 10.2. The number of hydrogen-bond acceptors (Lipinski definition) is 4. The van der Waals surface area contributed by atoms with E-state index < -0.39 is 4.92 Å². The molecule has 0 aliphatic carbocycles. The third kappa shape index (κ3) is 3.37. The van der Waals surface area contributed by atoms with E-state index in [1.54, 1.807) is 24.3 Å². The Balaban J connectivity index is 2.44.